The van der Waals surface area contributed by atoms with E-state index in [9.17, 15) is 9.59 Å². The van der Waals surface area contributed by atoms with Gasteiger partial charge in [-0.2, -0.15) is 0 Å². The highest BCUT2D eigenvalue weighted by Crippen LogP contribution is 2.24. The van der Waals surface area contributed by atoms with Crippen molar-refractivity contribution in [1.82, 2.24) is 0 Å². The molecule has 3 rings (SSSR count). The third-order valence-corrected chi connectivity index (χ3v) is 4.81. The van der Waals surface area contributed by atoms with E-state index in [1.54, 1.807) is 24.3 Å². The summed E-state index contributed by atoms with van der Waals surface area (Å²) >= 11 is 1.48. The minimum Gasteiger partial charge on any atom is -0.326 e. The Balaban J connectivity index is 1.54. The molecule has 136 valence electrons. The fourth-order valence-corrected chi connectivity index (χ4v) is 3.30. The number of nitrogens with one attached hydrogen (secondary N) is 2. The van der Waals surface area contributed by atoms with Crippen molar-refractivity contribution >= 4 is 35.0 Å². The van der Waals surface area contributed by atoms with E-state index in [-0.39, 0.29) is 11.8 Å². The first-order chi connectivity index (χ1) is 13.1. The van der Waals surface area contributed by atoms with Gasteiger partial charge in [0, 0.05) is 23.2 Å². The predicted octanol–water partition coefficient (Wildman–Crippen LogP) is 5.04. The molecule has 0 unspecified atom stereocenters. The van der Waals surface area contributed by atoms with Crippen LogP contribution in [0.3, 0.4) is 0 Å². The average Bonchev–Trinajstić information content (AvgIpc) is 2.67. The number of benzene rings is 3. The molecular formula is C22H20N2O2S. The summed E-state index contributed by atoms with van der Waals surface area (Å²) in [4.78, 5) is 24.3. The van der Waals surface area contributed by atoms with E-state index in [0.29, 0.717) is 17.1 Å². The number of hydrogen-bond donors (Lipinski definition) is 2. The van der Waals surface area contributed by atoms with Crippen molar-refractivity contribution in [1.29, 1.82) is 0 Å². The number of carbonyl (C=O) groups is 2. The first-order valence-corrected chi connectivity index (χ1v) is 9.54. The van der Waals surface area contributed by atoms with Crippen LogP contribution in [-0.4, -0.2) is 17.6 Å². The summed E-state index contributed by atoms with van der Waals surface area (Å²) in [6, 6.07) is 25.5. The van der Waals surface area contributed by atoms with Crippen molar-refractivity contribution in [3.05, 3.63) is 78.9 Å². The van der Waals surface area contributed by atoms with E-state index in [1.807, 2.05) is 30.3 Å². The van der Waals surface area contributed by atoms with Crippen molar-refractivity contribution < 1.29 is 9.59 Å². The monoisotopic (exact) mass is 376 g/mol. The number of anilines is 2. The molecule has 2 N–H and O–H groups in total. The maximum absolute atomic E-state index is 12.2. The van der Waals surface area contributed by atoms with Crippen molar-refractivity contribution in [3.8, 4) is 11.1 Å². The van der Waals surface area contributed by atoms with E-state index < -0.39 is 0 Å². The summed E-state index contributed by atoms with van der Waals surface area (Å²) in [6.45, 7) is 1.45. The summed E-state index contributed by atoms with van der Waals surface area (Å²) in [6.07, 6.45) is 0. The van der Waals surface area contributed by atoms with E-state index in [4.69, 9.17) is 0 Å². The Bertz CT molecular complexity index is 925. The van der Waals surface area contributed by atoms with E-state index >= 15 is 0 Å². The Morgan fingerprint density at radius 2 is 1.41 bits per heavy atom. The van der Waals surface area contributed by atoms with Crippen LogP contribution in [0, 0.1) is 0 Å². The van der Waals surface area contributed by atoms with Crippen LogP contribution in [0.4, 0.5) is 11.4 Å². The van der Waals surface area contributed by atoms with E-state index in [1.165, 1.54) is 24.2 Å². The zero-order valence-electron chi connectivity index (χ0n) is 14.9. The molecule has 0 heterocycles. The third-order valence-electron chi connectivity index (χ3n) is 3.80. The Morgan fingerprint density at radius 1 is 0.778 bits per heavy atom. The highest BCUT2D eigenvalue weighted by atomic mass is 32.2. The normalized spacial score (nSPS) is 10.3. The first-order valence-electron chi connectivity index (χ1n) is 8.56. The maximum atomic E-state index is 12.2. The first kappa shape index (κ1) is 18.7. The number of rotatable bonds is 6. The molecule has 5 heteroatoms. The molecule has 0 bridgehead atoms. The zero-order valence-corrected chi connectivity index (χ0v) is 15.8. The van der Waals surface area contributed by atoms with Crippen LogP contribution in [0.1, 0.15) is 6.92 Å². The molecule has 0 radical (unpaired) electrons. The summed E-state index contributed by atoms with van der Waals surface area (Å²) in [5.74, 6) is 0.0785. The lowest BCUT2D eigenvalue weighted by Gasteiger charge is -2.08. The fourth-order valence-electron chi connectivity index (χ4n) is 2.60. The Labute approximate surface area is 163 Å². The van der Waals surface area contributed by atoms with Crippen LogP contribution >= 0.6 is 11.8 Å². The summed E-state index contributed by atoms with van der Waals surface area (Å²) in [7, 11) is 0. The lowest BCUT2D eigenvalue weighted by molar-refractivity contribution is -0.114. The molecular weight excluding hydrogens is 356 g/mol. The molecule has 0 atom stereocenters. The molecule has 0 saturated carbocycles. The summed E-state index contributed by atoms with van der Waals surface area (Å²) in [5, 5.41) is 5.55. The predicted molar refractivity (Wildman–Crippen MR) is 112 cm³/mol. The summed E-state index contributed by atoms with van der Waals surface area (Å²) < 4.78 is 0. The SMILES string of the molecule is CC(=O)Nc1cccc(NC(=O)CSc2ccc(-c3ccccc3)cc2)c1. The number of carbonyl (C=O) groups excluding carboxylic acids is 2. The summed E-state index contributed by atoms with van der Waals surface area (Å²) in [5.41, 5.74) is 3.64. The van der Waals surface area contributed by atoms with Gasteiger partial charge in [0.05, 0.1) is 5.75 Å². The fraction of sp³-hybridized carbons (Fsp3) is 0.0909. The minimum atomic E-state index is -0.145. The van der Waals surface area contributed by atoms with E-state index in [0.717, 1.165) is 10.5 Å². The maximum Gasteiger partial charge on any atom is 0.234 e. The molecule has 0 saturated heterocycles. The van der Waals surface area contributed by atoms with Gasteiger partial charge in [0.1, 0.15) is 0 Å². The van der Waals surface area contributed by atoms with Gasteiger partial charge in [-0.1, -0.05) is 48.5 Å². The lowest BCUT2D eigenvalue weighted by atomic mass is 10.1. The van der Waals surface area contributed by atoms with Gasteiger partial charge in [-0.25, -0.2) is 0 Å². The Morgan fingerprint density at radius 3 is 2.07 bits per heavy atom. The molecule has 4 nitrogen and oxygen atoms in total. The van der Waals surface area contributed by atoms with Crippen molar-refractivity contribution in [2.45, 2.75) is 11.8 Å². The van der Waals surface area contributed by atoms with Gasteiger partial charge in [-0.05, 0) is 41.5 Å². The molecule has 0 fully saturated rings. The van der Waals surface area contributed by atoms with Gasteiger partial charge in [-0.15, -0.1) is 11.8 Å². The molecule has 0 aliphatic heterocycles. The van der Waals surface area contributed by atoms with Crippen molar-refractivity contribution in [2.75, 3.05) is 16.4 Å². The second-order valence-electron chi connectivity index (χ2n) is 5.99. The molecule has 27 heavy (non-hydrogen) atoms. The Kier molecular flexibility index (Phi) is 6.28. The van der Waals surface area contributed by atoms with Gasteiger partial charge in [0.15, 0.2) is 0 Å². The molecule has 3 aromatic rings. The number of thioether (sulfide) groups is 1. The van der Waals surface area contributed by atoms with Crippen LogP contribution in [0.5, 0.6) is 0 Å². The topological polar surface area (TPSA) is 58.2 Å². The van der Waals surface area contributed by atoms with Crippen LogP contribution in [0.2, 0.25) is 0 Å². The lowest BCUT2D eigenvalue weighted by Crippen LogP contribution is -2.14. The number of hydrogen-bond acceptors (Lipinski definition) is 3. The molecule has 0 aromatic heterocycles. The van der Waals surface area contributed by atoms with Gasteiger partial charge in [-0.3, -0.25) is 9.59 Å². The Hall–Kier alpha value is -3.05. The highest BCUT2D eigenvalue weighted by molar-refractivity contribution is 8.00. The average molecular weight is 376 g/mol. The van der Waals surface area contributed by atoms with Crippen LogP contribution < -0.4 is 10.6 Å². The minimum absolute atomic E-state index is 0.0906. The molecule has 0 spiro atoms. The molecule has 0 aliphatic carbocycles. The van der Waals surface area contributed by atoms with E-state index in [2.05, 4.69) is 34.9 Å². The molecule has 3 aromatic carbocycles. The molecule has 2 amide bonds. The van der Waals surface area contributed by atoms with Crippen LogP contribution in [-0.2, 0) is 9.59 Å². The second kappa shape index (κ2) is 9.05. The van der Waals surface area contributed by atoms with Gasteiger partial charge >= 0.3 is 0 Å². The van der Waals surface area contributed by atoms with Crippen LogP contribution in [0.25, 0.3) is 11.1 Å². The van der Waals surface area contributed by atoms with Crippen molar-refractivity contribution in [2.24, 2.45) is 0 Å². The van der Waals surface area contributed by atoms with Gasteiger partial charge in [0.25, 0.3) is 0 Å². The zero-order chi connectivity index (χ0) is 19.1. The van der Waals surface area contributed by atoms with Crippen molar-refractivity contribution in [3.63, 3.8) is 0 Å². The third kappa shape index (κ3) is 5.72. The van der Waals surface area contributed by atoms with Crippen LogP contribution in [0.15, 0.2) is 83.8 Å². The smallest absolute Gasteiger partial charge is 0.234 e. The number of amides is 2. The standard InChI is InChI=1S/C22H20N2O2S/c1-16(25)23-19-8-5-9-20(14-19)24-22(26)15-27-21-12-10-18(11-13-21)17-6-3-2-4-7-17/h2-14H,15H2,1H3,(H,23,25)(H,24,26). The quantitative estimate of drug-likeness (QED) is 0.592. The largest absolute Gasteiger partial charge is 0.326 e. The van der Waals surface area contributed by atoms with Gasteiger partial charge < -0.3 is 10.6 Å². The highest BCUT2D eigenvalue weighted by Gasteiger charge is 2.05. The van der Waals surface area contributed by atoms with Gasteiger partial charge in [0.2, 0.25) is 11.8 Å². The second-order valence-corrected chi connectivity index (χ2v) is 7.04. The molecule has 0 aliphatic rings.